The van der Waals surface area contributed by atoms with E-state index < -0.39 is 6.10 Å². The molecule has 0 aliphatic carbocycles. The van der Waals surface area contributed by atoms with Crippen LogP contribution < -0.4 is 0 Å². The average Bonchev–Trinajstić information content (AvgIpc) is 2.43. The summed E-state index contributed by atoms with van der Waals surface area (Å²) in [4.78, 5) is 2.32. The molecule has 5 heteroatoms. The standard InChI is InChI=1S/C15H21Cl2NO2/c1-10(2)18-5-6-20-15(9-18)14(19)8-11-7-12(16)3-4-13(11)17/h3-4,7,10,14-15,19H,5-6,8-9H2,1-2H3. The monoisotopic (exact) mass is 317 g/mol. The van der Waals surface area contributed by atoms with Crippen LogP contribution in [-0.4, -0.2) is 48.0 Å². The van der Waals surface area contributed by atoms with Crippen molar-refractivity contribution < 1.29 is 9.84 Å². The molecule has 1 fully saturated rings. The van der Waals surface area contributed by atoms with Crippen molar-refractivity contribution in [2.75, 3.05) is 19.7 Å². The van der Waals surface area contributed by atoms with Crippen LogP contribution in [0.4, 0.5) is 0 Å². The number of ether oxygens (including phenoxy) is 1. The molecular formula is C15H21Cl2NO2. The van der Waals surface area contributed by atoms with Gasteiger partial charge in [0.15, 0.2) is 0 Å². The van der Waals surface area contributed by atoms with Crippen molar-refractivity contribution in [1.82, 2.24) is 4.90 Å². The van der Waals surface area contributed by atoms with E-state index in [-0.39, 0.29) is 6.10 Å². The quantitative estimate of drug-likeness (QED) is 0.926. The smallest absolute Gasteiger partial charge is 0.0964 e. The number of morpholine rings is 1. The van der Waals surface area contributed by atoms with Crippen LogP contribution in [0.3, 0.4) is 0 Å². The number of benzene rings is 1. The highest BCUT2D eigenvalue weighted by molar-refractivity contribution is 6.33. The Morgan fingerprint density at radius 1 is 1.40 bits per heavy atom. The van der Waals surface area contributed by atoms with E-state index >= 15 is 0 Å². The van der Waals surface area contributed by atoms with Crippen molar-refractivity contribution in [3.05, 3.63) is 33.8 Å². The van der Waals surface area contributed by atoms with E-state index in [1.165, 1.54) is 0 Å². The first-order chi connectivity index (χ1) is 9.47. The summed E-state index contributed by atoms with van der Waals surface area (Å²) >= 11 is 12.1. The van der Waals surface area contributed by atoms with Gasteiger partial charge < -0.3 is 9.84 Å². The topological polar surface area (TPSA) is 32.7 Å². The Morgan fingerprint density at radius 2 is 2.15 bits per heavy atom. The van der Waals surface area contributed by atoms with Crippen LogP contribution in [0.2, 0.25) is 10.0 Å². The Bertz CT molecular complexity index is 453. The van der Waals surface area contributed by atoms with Gasteiger partial charge in [0.1, 0.15) is 0 Å². The van der Waals surface area contributed by atoms with Gasteiger partial charge in [-0.2, -0.15) is 0 Å². The second-order valence-corrected chi connectivity index (χ2v) is 6.35. The zero-order valence-electron chi connectivity index (χ0n) is 11.9. The summed E-state index contributed by atoms with van der Waals surface area (Å²) in [5.74, 6) is 0. The summed E-state index contributed by atoms with van der Waals surface area (Å²) in [7, 11) is 0. The molecule has 0 spiro atoms. The lowest BCUT2D eigenvalue weighted by Gasteiger charge is -2.37. The lowest BCUT2D eigenvalue weighted by atomic mass is 10.0. The SMILES string of the molecule is CC(C)N1CCOC(C(O)Cc2cc(Cl)ccc2Cl)C1. The maximum atomic E-state index is 10.4. The molecule has 1 heterocycles. The molecule has 2 unspecified atom stereocenters. The minimum absolute atomic E-state index is 0.179. The van der Waals surface area contributed by atoms with Crippen molar-refractivity contribution >= 4 is 23.2 Å². The lowest BCUT2D eigenvalue weighted by Crippen LogP contribution is -2.50. The molecule has 1 N–H and O–H groups in total. The molecule has 1 aliphatic rings. The van der Waals surface area contributed by atoms with Crippen LogP contribution >= 0.6 is 23.2 Å². The van der Waals surface area contributed by atoms with Crippen LogP contribution in [-0.2, 0) is 11.2 Å². The van der Waals surface area contributed by atoms with Crippen molar-refractivity contribution in [3.8, 4) is 0 Å². The summed E-state index contributed by atoms with van der Waals surface area (Å²) in [5, 5.41) is 11.6. The largest absolute Gasteiger partial charge is 0.390 e. The van der Waals surface area contributed by atoms with E-state index in [4.69, 9.17) is 27.9 Å². The van der Waals surface area contributed by atoms with Crippen LogP contribution in [0, 0.1) is 0 Å². The molecular weight excluding hydrogens is 297 g/mol. The fourth-order valence-electron chi connectivity index (χ4n) is 2.45. The first-order valence-electron chi connectivity index (χ1n) is 6.95. The number of halogens is 2. The predicted octanol–water partition coefficient (Wildman–Crippen LogP) is 3.01. The molecule has 0 bridgehead atoms. The Labute approximate surface area is 130 Å². The number of nitrogens with zero attached hydrogens (tertiary/aromatic N) is 1. The van der Waals surface area contributed by atoms with Gasteiger partial charge in [0.05, 0.1) is 18.8 Å². The van der Waals surface area contributed by atoms with Crippen LogP contribution in [0.25, 0.3) is 0 Å². The second kappa shape index (κ2) is 7.10. The van der Waals surface area contributed by atoms with E-state index in [2.05, 4.69) is 18.7 Å². The maximum absolute atomic E-state index is 10.4. The number of rotatable bonds is 4. The van der Waals surface area contributed by atoms with Gasteiger partial charge in [-0.05, 0) is 37.6 Å². The van der Waals surface area contributed by atoms with E-state index in [9.17, 15) is 5.11 Å². The van der Waals surface area contributed by atoms with Gasteiger partial charge >= 0.3 is 0 Å². The Hall–Kier alpha value is -0.320. The van der Waals surface area contributed by atoms with Gasteiger partial charge in [0, 0.05) is 35.6 Å². The highest BCUT2D eigenvalue weighted by atomic mass is 35.5. The van der Waals surface area contributed by atoms with Crippen LogP contribution in [0.5, 0.6) is 0 Å². The van der Waals surface area contributed by atoms with Gasteiger partial charge in [0.25, 0.3) is 0 Å². The zero-order chi connectivity index (χ0) is 14.7. The third-order valence-electron chi connectivity index (χ3n) is 3.72. The Balaban J connectivity index is 2.00. The third kappa shape index (κ3) is 4.09. The minimum Gasteiger partial charge on any atom is -0.390 e. The van der Waals surface area contributed by atoms with Gasteiger partial charge in [-0.15, -0.1) is 0 Å². The number of hydrogen-bond acceptors (Lipinski definition) is 3. The van der Waals surface area contributed by atoms with Crippen LogP contribution in [0.1, 0.15) is 19.4 Å². The number of aliphatic hydroxyl groups is 1. The molecule has 0 saturated carbocycles. The van der Waals surface area contributed by atoms with Gasteiger partial charge in [-0.25, -0.2) is 0 Å². The molecule has 0 aromatic heterocycles. The molecule has 0 radical (unpaired) electrons. The fraction of sp³-hybridized carbons (Fsp3) is 0.600. The van der Waals surface area contributed by atoms with E-state index in [0.717, 1.165) is 18.7 Å². The summed E-state index contributed by atoms with van der Waals surface area (Å²) in [6, 6.07) is 5.77. The van der Waals surface area contributed by atoms with E-state index in [1.54, 1.807) is 18.2 Å². The molecule has 2 atom stereocenters. The van der Waals surface area contributed by atoms with Gasteiger partial charge in [0.2, 0.25) is 0 Å². The molecule has 1 aromatic rings. The highest BCUT2D eigenvalue weighted by Crippen LogP contribution is 2.23. The molecule has 1 aromatic carbocycles. The summed E-state index contributed by atoms with van der Waals surface area (Å²) < 4.78 is 5.69. The first-order valence-corrected chi connectivity index (χ1v) is 7.70. The Kier molecular flexibility index (Phi) is 5.70. The van der Waals surface area contributed by atoms with Crippen molar-refractivity contribution in [1.29, 1.82) is 0 Å². The molecule has 112 valence electrons. The summed E-state index contributed by atoms with van der Waals surface area (Å²) in [6.45, 7) is 6.63. The predicted molar refractivity (Wildman–Crippen MR) is 82.6 cm³/mol. The van der Waals surface area contributed by atoms with Crippen molar-refractivity contribution in [2.45, 2.75) is 38.5 Å². The molecule has 3 nitrogen and oxygen atoms in total. The summed E-state index contributed by atoms with van der Waals surface area (Å²) in [5.41, 5.74) is 0.858. The molecule has 1 saturated heterocycles. The first kappa shape index (κ1) is 16.1. The normalized spacial score (nSPS) is 22.2. The number of aliphatic hydroxyl groups excluding tert-OH is 1. The molecule has 20 heavy (non-hydrogen) atoms. The van der Waals surface area contributed by atoms with E-state index in [0.29, 0.717) is 29.1 Å². The lowest BCUT2D eigenvalue weighted by molar-refractivity contribution is -0.0940. The van der Waals surface area contributed by atoms with Crippen LogP contribution in [0.15, 0.2) is 18.2 Å². The van der Waals surface area contributed by atoms with Crippen molar-refractivity contribution in [3.63, 3.8) is 0 Å². The Morgan fingerprint density at radius 3 is 2.85 bits per heavy atom. The van der Waals surface area contributed by atoms with Gasteiger partial charge in [-0.1, -0.05) is 23.2 Å². The molecule has 1 aliphatic heterocycles. The molecule has 2 rings (SSSR count). The highest BCUT2D eigenvalue weighted by Gasteiger charge is 2.28. The van der Waals surface area contributed by atoms with Crippen molar-refractivity contribution in [2.24, 2.45) is 0 Å². The number of hydrogen-bond donors (Lipinski definition) is 1. The molecule has 0 amide bonds. The second-order valence-electron chi connectivity index (χ2n) is 5.51. The maximum Gasteiger partial charge on any atom is 0.0964 e. The summed E-state index contributed by atoms with van der Waals surface area (Å²) in [6.07, 6.45) is -0.301. The minimum atomic E-state index is -0.576. The zero-order valence-corrected chi connectivity index (χ0v) is 13.4. The third-order valence-corrected chi connectivity index (χ3v) is 4.32. The van der Waals surface area contributed by atoms with Gasteiger partial charge in [-0.3, -0.25) is 4.90 Å². The fourth-order valence-corrected chi connectivity index (χ4v) is 2.84. The van der Waals surface area contributed by atoms with E-state index in [1.807, 2.05) is 0 Å². The average molecular weight is 318 g/mol.